The van der Waals surface area contributed by atoms with Gasteiger partial charge in [-0.05, 0) is 20.8 Å². The van der Waals surface area contributed by atoms with E-state index in [0.29, 0.717) is 12.3 Å². The van der Waals surface area contributed by atoms with Gasteiger partial charge < -0.3 is 14.5 Å². The van der Waals surface area contributed by atoms with Crippen LogP contribution in [0, 0.1) is 20.8 Å². The molecule has 0 bridgehead atoms. The number of carbonyl (C=O) groups excluding carboxylic acids is 1. The van der Waals surface area contributed by atoms with E-state index in [1.165, 1.54) is 12.3 Å². The van der Waals surface area contributed by atoms with Gasteiger partial charge in [-0.25, -0.2) is 0 Å². The van der Waals surface area contributed by atoms with Gasteiger partial charge in [0.15, 0.2) is 6.61 Å². The largest absolute Gasteiger partial charge is 0.477 e. The maximum absolute atomic E-state index is 11.8. The Balaban J connectivity index is 1.89. The van der Waals surface area contributed by atoms with E-state index in [0.717, 1.165) is 17.0 Å². The normalized spacial score (nSPS) is 10.5. The van der Waals surface area contributed by atoms with Gasteiger partial charge in [-0.1, -0.05) is 0 Å². The van der Waals surface area contributed by atoms with Crippen molar-refractivity contribution >= 4 is 5.91 Å². The van der Waals surface area contributed by atoms with Gasteiger partial charge in [-0.2, -0.15) is 5.10 Å². The smallest absolute Gasteiger partial charge is 0.258 e. The summed E-state index contributed by atoms with van der Waals surface area (Å²) < 4.78 is 12.0. The number of aromatic nitrogens is 2. The summed E-state index contributed by atoms with van der Waals surface area (Å²) in [6.07, 6.45) is 1.21. The van der Waals surface area contributed by atoms with Gasteiger partial charge in [0.05, 0.1) is 5.69 Å². The van der Waals surface area contributed by atoms with Crippen molar-refractivity contribution < 1.29 is 13.9 Å². The molecule has 0 saturated heterocycles. The lowest BCUT2D eigenvalue weighted by atomic mass is 10.2. The molecule has 0 aliphatic rings. The van der Waals surface area contributed by atoms with Gasteiger partial charge in [-0.15, -0.1) is 0 Å². The Morgan fingerprint density at radius 3 is 2.73 bits per heavy atom. The predicted molar refractivity (Wildman–Crippen MR) is 79.7 cm³/mol. The van der Waals surface area contributed by atoms with Crippen molar-refractivity contribution in [2.75, 3.05) is 6.61 Å². The Morgan fingerprint density at radius 1 is 1.41 bits per heavy atom. The molecule has 22 heavy (non-hydrogen) atoms. The molecule has 0 spiro atoms. The van der Waals surface area contributed by atoms with Gasteiger partial charge in [0.2, 0.25) is 11.2 Å². The summed E-state index contributed by atoms with van der Waals surface area (Å²) in [5.74, 6) is 0.196. The van der Waals surface area contributed by atoms with E-state index in [4.69, 9.17) is 9.15 Å². The van der Waals surface area contributed by atoms with Gasteiger partial charge in [0.25, 0.3) is 5.91 Å². The summed E-state index contributed by atoms with van der Waals surface area (Å²) in [5, 5.41) is 7.03. The summed E-state index contributed by atoms with van der Waals surface area (Å²) in [6, 6.07) is 1.32. The first-order valence-electron chi connectivity index (χ1n) is 6.86. The van der Waals surface area contributed by atoms with Crippen LogP contribution in [0.15, 0.2) is 21.5 Å². The van der Waals surface area contributed by atoms with E-state index in [1.807, 2.05) is 20.9 Å². The van der Waals surface area contributed by atoms with Gasteiger partial charge in [0.1, 0.15) is 12.0 Å². The molecule has 118 valence electrons. The molecule has 0 saturated carbocycles. The van der Waals surface area contributed by atoms with Crippen molar-refractivity contribution in [3.63, 3.8) is 0 Å². The molecule has 0 aromatic carbocycles. The second-order valence-corrected chi connectivity index (χ2v) is 5.06. The number of nitrogens with one attached hydrogen (secondary N) is 1. The topological polar surface area (TPSA) is 86.4 Å². The molecule has 1 N–H and O–H groups in total. The highest BCUT2D eigenvalue weighted by atomic mass is 16.5. The average molecular weight is 305 g/mol. The molecular formula is C15H19N3O4. The highest BCUT2D eigenvalue weighted by molar-refractivity contribution is 5.77. The number of hydrogen-bond acceptors (Lipinski definition) is 5. The summed E-state index contributed by atoms with van der Waals surface area (Å²) in [5.41, 5.74) is 2.54. The number of amides is 1. The maximum Gasteiger partial charge on any atom is 0.258 e. The second-order valence-electron chi connectivity index (χ2n) is 5.06. The third-order valence-electron chi connectivity index (χ3n) is 3.41. The van der Waals surface area contributed by atoms with Crippen LogP contribution in [-0.4, -0.2) is 22.3 Å². The monoisotopic (exact) mass is 305 g/mol. The maximum atomic E-state index is 11.8. The highest BCUT2D eigenvalue weighted by Crippen LogP contribution is 2.11. The van der Waals surface area contributed by atoms with Crippen molar-refractivity contribution in [3.8, 4) is 5.75 Å². The summed E-state index contributed by atoms with van der Waals surface area (Å²) in [6.45, 7) is 5.62. The fraction of sp³-hybridized carbons (Fsp3) is 0.400. The third-order valence-corrected chi connectivity index (χ3v) is 3.41. The van der Waals surface area contributed by atoms with Crippen molar-refractivity contribution in [1.29, 1.82) is 0 Å². The van der Waals surface area contributed by atoms with Crippen LogP contribution in [0.4, 0.5) is 0 Å². The number of aryl methyl sites for hydroxylation is 3. The quantitative estimate of drug-likeness (QED) is 0.890. The first-order chi connectivity index (χ1) is 10.4. The summed E-state index contributed by atoms with van der Waals surface area (Å²) >= 11 is 0. The molecule has 0 atom stereocenters. The summed E-state index contributed by atoms with van der Waals surface area (Å²) in [4.78, 5) is 23.4. The Bertz CT molecular complexity index is 746. The number of hydrogen-bond donors (Lipinski definition) is 1. The van der Waals surface area contributed by atoms with Gasteiger partial charge in [-0.3, -0.25) is 14.3 Å². The zero-order chi connectivity index (χ0) is 16.3. The van der Waals surface area contributed by atoms with Crippen LogP contribution in [0.25, 0.3) is 0 Å². The lowest BCUT2D eigenvalue weighted by Gasteiger charge is -2.07. The SMILES string of the molecule is Cc1cc(=O)c(OCC(=O)NCc2c(C)nn(C)c2C)co1. The van der Waals surface area contributed by atoms with E-state index in [9.17, 15) is 9.59 Å². The van der Waals surface area contributed by atoms with E-state index in [-0.39, 0.29) is 23.7 Å². The van der Waals surface area contributed by atoms with Crippen LogP contribution >= 0.6 is 0 Å². The Labute approximate surface area is 127 Å². The van der Waals surface area contributed by atoms with Gasteiger partial charge in [0, 0.05) is 30.9 Å². The molecule has 0 aliphatic carbocycles. The molecule has 0 unspecified atom stereocenters. The molecule has 0 fully saturated rings. The van der Waals surface area contributed by atoms with Crippen LogP contribution in [0.5, 0.6) is 5.75 Å². The average Bonchev–Trinajstić information content (AvgIpc) is 2.69. The standard InChI is InChI=1S/C15H19N3O4/c1-9-5-13(19)14(7-21-9)22-8-15(20)16-6-12-10(2)17-18(4)11(12)3/h5,7H,6,8H2,1-4H3,(H,16,20). The highest BCUT2D eigenvalue weighted by Gasteiger charge is 2.11. The van der Waals surface area contributed by atoms with Crippen LogP contribution in [0.3, 0.4) is 0 Å². The number of rotatable bonds is 5. The fourth-order valence-electron chi connectivity index (χ4n) is 2.05. The Morgan fingerprint density at radius 2 is 2.14 bits per heavy atom. The molecule has 0 radical (unpaired) electrons. The van der Waals surface area contributed by atoms with E-state index in [2.05, 4.69) is 10.4 Å². The zero-order valence-corrected chi connectivity index (χ0v) is 13.1. The molecule has 7 heteroatoms. The molecule has 2 rings (SSSR count). The summed E-state index contributed by atoms with van der Waals surface area (Å²) in [7, 11) is 1.85. The number of carbonyl (C=O) groups is 1. The lowest BCUT2D eigenvalue weighted by Crippen LogP contribution is -2.29. The molecule has 7 nitrogen and oxygen atoms in total. The van der Waals surface area contributed by atoms with Gasteiger partial charge >= 0.3 is 0 Å². The Hall–Kier alpha value is -2.57. The Kier molecular flexibility index (Phi) is 4.65. The fourth-order valence-corrected chi connectivity index (χ4v) is 2.05. The van der Waals surface area contributed by atoms with Crippen molar-refractivity contribution in [2.45, 2.75) is 27.3 Å². The number of nitrogens with zero attached hydrogens (tertiary/aromatic N) is 2. The van der Waals surface area contributed by atoms with Crippen molar-refractivity contribution in [1.82, 2.24) is 15.1 Å². The van der Waals surface area contributed by atoms with Crippen LogP contribution in [0.2, 0.25) is 0 Å². The minimum atomic E-state index is -0.317. The van der Waals surface area contributed by atoms with E-state index >= 15 is 0 Å². The third kappa shape index (κ3) is 3.55. The first kappa shape index (κ1) is 15.8. The minimum absolute atomic E-state index is 0.0227. The van der Waals surface area contributed by atoms with Crippen LogP contribution in [-0.2, 0) is 18.4 Å². The van der Waals surface area contributed by atoms with Crippen molar-refractivity contribution in [3.05, 3.63) is 45.3 Å². The van der Waals surface area contributed by atoms with Crippen molar-refractivity contribution in [2.24, 2.45) is 7.05 Å². The molecule has 1 amide bonds. The van der Waals surface area contributed by atoms with E-state index < -0.39 is 0 Å². The molecule has 2 heterocycles. The molecular weight excluding hydrogens is 286 g/mol. The number of ether oxygens (including phenoxy) is 1. The molecule has 2 aromatic rings. The first-order valence-corrected chi connectivity index (χ1v) is 6.86. The second kappa shape index (κ2) is 6.46. The molecule has 0 aliphatic heterocycles. The predicted octanol–water partition coefficient (Wildman–Crippen LogP) is 0.994. The zero-order valence-electron chi connectivity index (χ0n) is 13.1. The van der Waals surface area contributed by atoms with E-state index in [1.54, 1.807) is 11.6 Å². The molecule has 2 aromatic heterocycles. The minimum Gasteiger partial charge on any atom is -0.477 e. The lowest BCUT2D eigenvalue weighted by molar-refractivity contribution is -0.123. The van der Waals surface area contributed by atoms with Crippen LogP contribution in [0.1, 0.15) is 22.7 Å². The van der Waals surface area contributed by atoms with Crippen LogP contribution < -0.4 is 15.5 Å².